The molecule has 2 aromatic carbocycles. The molecule has 2 aromatic rings. The lowest BCUT2D eigenvalue weighted by Crippen LogP contribution is -2.19. The summed E-state index contributed by atoms with van der Waals surface area (Å²) in [6.45, 7) is 4.22. The SMILES string of the molecule is C#CCOc1c(Cl)cc(/C=C2/SC(=Nc3cccc(Cl)c3C)NC2=O)cc1OCC. The molecule has 0 saturated carbocycles. The van der Waals surface area contributed by atoms with Gasteiger partial charge in [-0.2, -0.15) is 0 Å². The molecule has 0 unspecified atom stereocenters. The predicted molar refractivity (Wildman–Crippen MR) is 124 cm³/mol. The Kier molecular flexibility index (Phi) is 7.33. The Morgan fingerprint density at radius 2 is 2.07 bits per heavy atom. The first-order valence-corrected chi connectivity index (χ1v) is 10.6. The van der Waals surface area contributed by atoms with E-state index < -0.39 is 0 Å². The first-order valence-electron chi connectivity index (χ1n) is 9.00. The fourth-order valence-corrected chi connectivity index (χ4v) is 3.92. The number of amidine groups is 1. The van der Waals surface area contributed by atoms with Crippen molar-refractivity contribution in [3.8, 4) is 23.8 Å². The van der Waals surface area contributed by atoms with Crippen molar-refractivity contribution in [3.63, 3.8) is 0 Å². The number of terminal acetylenes is 1. The molecule has 8 heteroatoms. The first-order chi connectivity index (χ1) is 14.4. The smallest absolute Gasteiger partial charge is 0.264 e. The van der Waals surface area contributed by atoms with E-state index >= 15 is 0 Å². The number of nitrogens with zero attached hydrogens (tertiary/aromatic N) is 1. The maximum absolute atomic E-state index is 12.4. The number of halogens is 2. The molecule has 0 spiro atoms. The minimum Gasteiger partial charge on any atom is -0.490 e. The molecule has 1 fully saturated rings. The number of thioether (sulfide) groups is 1. The number of benzene rings is 2. The molecular formula is C22H18Cl2N2O3S. The van der Waals surface area contributed by atoms with Gasteiger partial charge in [0.25, 0.3) is 5.91 Å². The lowest BCUT2D eigenvalue weighted by Gasteiger charge is -2.13. The zero-order valence-corrected chi connectivity index (χ0v) is 18.6. The van der Waals surface area contributed by atoms with Crippen molar-refractivity contribution >= 4 is 57.8 Å². The molecule has 1 aliphatic rings. The van der Waals surface area contributed by atoms with Crippen LogP contribution in [0, 0.1) is 19.3 Å². The normalized spacial score (nSPS) is 15.9. The summed E-state index contributed by atoms with van der Waals surface area (Å²) in [5, 5.41) is 4.20. The topological polar surface area (TPSA) is 59.9 Å². The van der Waals surface area contributed by atoms with Gasteiger partial charge in [0.1, 0.15) is 6.61 Å². The van der Waals surface area contributed by atoms with Crippen molar-refractivity contribution in [2.75, 3.05) is 13.2 Å². The average Bonchev–Trinajstić information content (AvgIpc) is 3.04. The predicted octanol–water partition coefficient (Wildman–Crippen LogP) is 5.60. The van der Waals surface area contributed by atoms with E-state index in [1.165, 1.54) is 11.8 Å². The molecule has 1 N–H and O–H groups in total. The summed E-state index contributed by atoms with van der Waals surface area (Å²) in [6.07, 6.45) is 6.97. The number of ether oxygens (including phenoxy) is 2. The van der Waals surface area contributed by atoms with Crippen molar-refractivity contribution in [1.29, 1.82) is 0 Å². The highest BCUT2D eigenvalue weighted by Crippen LogP contribution is 2.38. The van der Waals surface area contributed by atoms with Gasteiger partial charge in [-0.05, 0) is 67.1 Å². The lowest BCUT2D eigenvalue weighted by molar-refractivity contribution is -0.115. The summed E-state index contributed by atoms with van der Waals surface area (Å²) >= 11 is 13.7. The van der Waals surface area contributed by atoms with Crippen LogP contribution in [0.5, 0.6) is 11.5 Å². The molecule has 1 aliphatic heterocycles. The van der Waals surface area contributed by atoms with Crippen LogP contribution in [0.2, 0.25) is 10.0 Å². The molecule has 1 heterocycles. The monoisotopic (exact) mass is 460 g/mol. The summed E-state index contributed by atoms with van der Waals surface area (Å²) in [5.41, 5.74) is 2.23. The highest BCUT2D eigenvalue weighted by molar-refractivity contribution is 8.18. The number of aliphatic imine (C=N–C) groups is 1. The number of nitrogens with one attached hydrogen (secondary N) is 1. The summed E-state index contributed by atoms with van der Waals surface area (Å²) in [4.78, 5) is 17.4. The molecule has 5 nitrogen and oxygen atoms in total. The Morgan fingerprint density at radius 1 is 1.27 bits per heavy atom. The van der Waals surface area contributed by atoms with Crippen molar-refractivity contribution in [3.05, 3.63) is 56.4 Å². The number of hydrogen-bond acceptors (Lipinski definition) is 5. The Hall–Kier alpha value is -2.59. The minimum atomic E-state index is -0.250. The second-order valence-corrected chi connectivity index (χ2v) is 7.97. The van der Waals surface area contributed by atoms with Gasteiger partial charge in [-0.3, -0.25) is 4.79 Å². The van der Waals surface area contributed by atoms with Crippen molar-refractivity contribution in [2.24, 2.45) is 4.99 Å². The van der Waals surface area contributed by atoms with Gasteiger partial charge in [0, 0.05) is 5.02 Å². The third kappa shape index (κ3) is 5.11. The Bertz CT molecular complexity index is 1090. The van der Waals surface area contributed by atoms with Crippen LogP contribution in [0.1, 0.15) is 18.1 Å². The van der Waals surface area contributed by atoms with Crippen LogP contribution in [0.4, 0.5) is 5.69 Å². The van der Waals surface area contributed by atoms with Crippen LogP contribution in [-0.2, 0) is 4.79 Å². The Morgan fingerprint density at radius 3 is 2.80 bits per heavy atom. The van der Waals surface area contributed by atoms with Gasteiger partial charge in [-0.1, -0.05) is 35.2 Å². The molecule has 0 bridgehead atoms. The van der Waals surface area contributed by atoms with E-state index in [0.29, 0.717) is 49.5 Å². The van der Waals surface area contributed by atoms with Gasteiger partial charge in [-0.15, -0.1) is 6.42 Å². The van der Waals surface area contributed by atoms with Gasteiger partial charge in [0.2, 0.25) is 0 Å². The Balaban J connectivity index is 1.89. The maximum atomic E-state index is 12.4. The highest BCUT2D eigenvalue weighted by atomic mass is 35.5. The van der Waals surface area contributed by atoms with Gasteiger partial charge in [-0.25, -0.2) is 4.99 Å². The molecule has 154 valence electrons. The second kappa shape index (κ2) is 9.94. The van der Waals surface area contributed by atoms with Crippen molar-refractivity contribution in [2.45, 2.75) is 13.8 Å². The number of carbonyl (C=O) groups excluding carboxylic acids is 1. The summed E-state index contributed by atoms with van der Waals surface area (Å²) in [5.74, 6) is 2.98. The molecule has 3 rings (SSSR count). The van der Waals surface area contributed by atoms with Crippen LogP contribution in [0.3, 0.4) is 0 Å². The van der Waals surface area contributed by atoms with E-state index in [1.54, 1.807) is 24.3 Å². The average molecular weight is 461 g/mol. The lowest BCUT2D eigenvalue weighted by atomic mass is 10.2. The quantitative estimate of drug-likeness (QED) is 0.449. The Labute approximate surface area is 189 Å². The highest BCUT2D eigenvalue weighted by Gasteiger charge is 2.24. The van der Waals surface area contributed by atoms with Gasteiger partial charge >= 0.3 is 0 Å². The number of amides is 1. The fraction of sp³-hybridized carbons (Fsp3) is 0.182. The van der Waals surface area contributed by atoms with Crippen LogP contribution in [0.25, 0.3) is 6.08 Å². The van der Waals surface area contributed by atoms with E-state index in [4.69, 9.17) is 39.1 Å². The molecule has 1 amide bonds. The number of hydrogen-bond donors (Lipinski definition) is 1. The third-order valence-electron chi connectivity index (χ3n) is 4.04. The minimum absolute atomic E-state index is 0.0707. The third-order valence-corrected chi connectivity index (χ3v) is 5.64. The van der Waals surface area contributed by atoms with Crippen molar-refractivity contribution in [1.82, 2.24) is 5.32 Å². The van der Waals surface area contributed by atoms with Crippen LogP contribution >= 0.6 is 35.0 Å². The number of rotatable bonds is 6. The zero-order chi connectivity index (χ0) is 21.7. The molecule has 30 heavy (non-hydrogen) atoms. The summed E-state index contributed by atoms with van der Waals surface area (Å²) in [6, 6.07) is 8.88. The van der Waals surface area contributed by atoms with Crippen molar-refractivity contribution < 1.29 is 14.3 Å². The van der Waals surface area contributed by atoms with E-state index in [2.05, 4.69) is 16.2 Å². The number of carbonyl (C=O) groups is 1. The van der Waals surface area contributed by atoms with Crippen LogP contribution in [-0.4, -0.2) is 24.3 Å². The molecule has 1 saturated heterocycles. The van der Waals surface area contributed by atoms with E-state index in [1.807, 2.05) is 26.0 Å². The van der Waals surface area contributed by atoms with Gasteiger partial charge < -0.3 is 14.8 Å². The largest absolute Gasteiger partial charge is 0.490 e. The van der Waals surface area contributed by atoms with Crippen LogP contribution < -0.4 is 14.8 Å². The zero-order valence-electron chi connectivity index (χ0n) is 16.3. The fourth-order valence-electron chi connectivity index (χ4n) is 2.65. The molecule has 0 aromatic heterocycles. The van der Waals surface area contributed by atoms with Crippen LogP contribution in [0.15, 0.2) is 40.2 Å². The maximum Gasteiger partial charge on any atom is 0.264 e. The van der Waals surface area contributed by atoms with Gasteiger partial charge in [0.15, 0.2) is 16.7 Å². The molecule has 0 aliphatic carbocycles. The van der Waals surface area contributed by atoms with E-state index in [0.717, 1.165) is 5.56 Å². The van der Waals surface area contributed by atoms with E-state index in [-0.39, 0.29) is 12.5 Å². The standard InChI is InChI=1S/C22H18Cl2N2O3S/c1-4-9-29-20-16(24)10-14(11-18(20)28-5-2)12-19-21(27)26-22(30-19)25-17-8-6-7-15(23)13(17)3/h1,6-8,10-12H,5,9H2,2-3H3,(H,25,26,27)/b19-12+. The summed E-state index contributed by atoms with van der Waals surface area (Å²) in [7, 11) is 0. The molecule has 0 atom stereocenters. The van der Waals surface area contributed by atoms with Gasteiger partial charge in [0.05, 0.1) is 22.2 Å². The second-order valence-electron chi connectivity index (χ2n) is 6.12. The molecule has 0 radical (unpaired) electrons. The molecular weight excluding hydrogens is 443 g/mol. The van der Waals surface area contributed by atoms with E-state index in [9.17, 15) is 4.79 Å². The summed E-state index contributed by atoms with van der Waals surface area (Å²) < 4.78 is 11.1. The first kappa shape index (κ1) is 22.1.